The standard InChI is InChI=1S/C17H20O4/c1-4-13(18)12-8-5-6-9-14(12)21-17-15(19-2)10-7-11-16(17)20-3/h5-11,13,18H,4H2,1-3H3/t13-/m0/s1. The maximum absolute atomic E-state index is 10.1. The number of aliphatic hydroxyl groups excluding tert-OH is 1. The predicted octanol–water partition coefficient (Wildman–Crippen LogP) is 3.94. The smallest absolute Gasteiger partial charge is 0.211 e. The zero-order valence-electron chi connectivity index (χ0n) is 12.5. The van der Waals surface area contributed by atoms with E-state index in [-0.39, 0.29) is 0 Å². The van der Waals surface area contributed by atoms with Crippen LogP contribution in [0, 0.1) is 0 Å². The van der Waals surface area contributed by atoms with Crippen LogP contribution in [0.5, 0.6) is 23.0 Å². The van der Waals surface area contributed by atoms with E-state index in [1.165, 1.54) is 0 Å². The zero-order chi connectivity index (χ0) is 15.2. The van der Waals surface area contributed by atoms with Crippen LogP contribution in [0.3, 0.4) is 0 Å². The van der Waals surface area contributed by atoms with Gasteiger partial charge in [-0.25, -0.2) is 0 Å². The van der Waals surface area contributed by atoms with Crippen LogP contribution in [0.2, 0.25) is 0 Å². The van der Waals surface area contributed by atoms with Crippen molar-refractivity contribution in [2.75, 3.05) is 14.2 Å². The quantitative estimate of drug-likeness (QED) is 0.874. The predicted molar refractivity (Wildman–Crippen MR) is 81.3 cm³/mol. The monoisotopic (exact) mass is 288 g/mol. The number of methoxy groups -OCH3 is 2. The molecule has 112 valence electrons. The average Bonchev–Trinajstić information content (AvgIpc) is 2.54. The Bertz CT molecular complexity index is 573. The van der Waals surface area contributed by atoms with E-state index in [2.05, 4.69) is 0 Å². The largest absolute Gasteiger partial charge is 0.493 e. The topological polar surface area (TPSA) is 47.9 Å². The summed E-state index contributed by atoms with van der Waals surface area (Å²) in [5.74, 6) is 2.25. The molecule has 0 aliphatic heterocycles. The molecule has 0 aliphatic carbocycles. The van der Waals surface area contributed by atoms with Crippen LogP contribution < -0.4 is 14.2 Å². The molecule has 4 nitrogen and oxygen atoms in total. The highest BCUT2D eigenvalue weighted by atomic mass is 16.5. The van der Waals surface area contributed by atoms with Crippen LogP contribution in [-0.4, -0.2) is 19.3 Å². The summed E-state index contributed by atoms with van der Waals surface area (Å²) in [6.07, 6.45) is 0.0468. The summed E-state index contributed by atoms with van der Waals surface area (Å²) < 4.78 is 16.6. The zero-order valence-corrected chi connectivity index (χ0v) is 12.5. The molecule has 0 aromatic heterocycles. The van der Waals surface area contributed by atoms with Crippen LogP contribution in [0.4, 0.5) is 0 Å². The van der Waals surface area contributed by atoms with Gasteiger partial charge in [-0.2, -0.15) is 0 Å². The van der Waals surface area contributed by atoms with E-state index in [1.54, 1.807) is 26.4 Å². The van der Waals surface area contributed by atoms with Crippen molar-refractivity contribution in [2.45, 2.75) is 19.4 Å². The maximum Gasteiger partial charge on any atom is 0.211 e. The first-order chi connectivity index (χ1) is 10.2. The third kappa shape index (κ3) is 3.28. The molecule has 0 spiro atoms. The maximum atomic E-state index is 10.1. The number of benzene rings is 2. The molecular weight excluding hydrogens is 268 g/mol. The fraction of sp³-hybridized carbons (Fsp3) is 0.294. The minimum Gasteiger partial charge on any atom is -0.493 e. The Morgan fingerprint density at radius 2 is 1.48 bits per heavy atom. The van der Waals surface area contributed by atoms with Gasteiger partial charge in [-0.05, 0) is 24.6 Å². The molecule has 0 saturated carbocycles. The van der Waals surface area contributed by atoms with Crippen molar-refractivity contribution in [3.8, 4) is 23.0 Å². The SMILES string of the molecule is CC[C@H](O)c1ccccc1Oc1c(OC)cccc1OC. The van der Waals surface area contributed by atoms with Gasteiger partial charge < -0.3 is 19.3 Å². The lowest BCUT2D eigenvalue weighted by Crippen LogP contribution is -2.00. The Kier molecular flexibility index (Phi) is 5.06. The molecule has 21 heavy (non-hydrogen) atoms. The molecule has 0 unspecified atom stereocenters. The third-order valence-corrected chi connectivity index (χ3v) is 3.26. The van der Waals surface area contributed by atoms with Crippen molar-refractivity contribution in [3.05, 3.63) is 48.0 Å². The van der Waals surface area contributed by atoms with Crippen LogP contribution in [0.1, 0.15) is 25.0 Å². The van der Waals surface area contributed by atoms with Gasteiger partial charge in [0.1, 0.15) is 5.75 Å². The summed E-state index contributed by atoms with van der Waals surface area (Å²) in [5.41, 5.74) is 0.743. The van der Waals surface area contributed by atoms with Crippen molar-refractivity contribution in [1.82, 2.24) is 0 Å². The van der Waals surface area contributed by atoms with Gasteiger partial charge in [0.05, 0.1) is 20.3 Å². The van der Waals surface area contributed by atoms with Gasteiger partial charge >= 0.3 is 0 Å². The summed E-state index contributed by atoms with van der Waals surface area (Å²) in [5, 5.41) is 10.1. The van der Waals surface area contributed by atoms with E-state index in [0.717, 1.165) is 5.56 Å². The summed E-state index contributed by atoms with van der Waals surface area (Å²) >= 11 is 0. The van der Waals surface area contributed by atoms with Gasteiger partial charge in [-0.1, -0.05) is 31.2 Å². The van der Waals surface area contributed by atoms with Crippen LogP contribution in [-0.2, 0) is 0 Å². The van der Waals surface area contributed by atoms with Crippen molar-refractivity contribution >= 4 is 0 Å². The number of rotatable bonds is 6. The number of para-hydroxylation sites is 2. The molecule has 2 rings (SSSR count). The molecule has 4 heteroatoms. The molecule has 2 aromatic carbocycles. The normalized spacial score (nSPS) is 11.8. The summed E-state index contributed by atoms with van der Waals surface area (Å²) in [6.45, 7) is 1.92. The minimum atomic E-state index is -0.568. The van der Waals surface area contributed by atoms with Crippen LogP contribution in [0.25, 0.3) is 0 Å². The Hall–Kier alpha value is -2.20. The molecule has 0 saturated heterocycles. The fourth-order valence-corrected chi connectivity index (χ4v) is 2.10. The van der Waals surface area contributed by atoms with E-state index in [0.29, 0.717) is 29.4 Å². The van der Waals surface area contributed by atoms with Gasteiger partial charge in [0, 0.05) is 5.56 Å². The number of hydrogen-bond donors (Lipinski definition) is 1. The molecule has 1 atom stereocenters. The molecule has 0 heterocycles. The summed E-state index contributed by atoms with van der Waals surface area (Å²) in [7, 11) is 3.16. The molecule has 0 fully saturated rings. The Labute approximate surface area is 124 Å². The second-order valence-corrected chi connectivity index (χ2v) is 4.56. The highest BCUT2D eigenvalue weighted by Gasteiger charge is 2.16. The summed E-state index contributed by atoms with van der Waals surface area (Å²) in [6, 6.07) is 12.8. The third-order valence-electron chi connectivity index (χ3n) is 3.26. The second-order valence-electron chi connectivity index (χ2n) is 4.56. The molecule has 0 bridgehead atoms. The highest BCUT2D eigenvalue weighted by molar-refractivity contribution is 5.54. The van der Waals surface area contributed by atoms with Crippen molar-refractivity contribution in [3.63, 3.8) is 0 Å². The van der Waals surface area contributed by atoms with Crippen LogP contribution >= 0.6 is 0 Å². The van der Waals surface area contributed by atoms with E-state index < -0.39 is 6.10 Å². The molecule has 1 N–H and O–H groups in total. The van der Waals surface area contributed by atoms with Gasteiger partial charge in [-0.15, -0.1) is 0 Å². The van der Waals surface area contributed by atoms with Gasteiger partial charge in [0.25, 0.3) is 0 Å². The number of ether oxygens (including phenoxy) is 3. The lowest BCUT2D eigenvalue weighted by molar-refractivity contribution is 0.170. The number of hydrogen-bond acceptors (Lipinski definition) is 4. The Morgan fingerprint density at radius 1 is 0.905 bits per heavy atom. The first-order valence-electron chi connectivity index (χ1n) is 6.87. The average molecular weight is 288 g/mol. The van der Waals surface area contributed by atoms with Gasteiger partial charge in [0.2, 0.25) is 5.75 Å². The van der Waals surface area contributed by atoms with Crippen molar-refractivity contribution in [1.29, 1.82) is 0 Å². The lowest BCUT2D eigenvalue weighted by atomic mass is 10.1. The molecule has 0 amide bonds. The lowest BCUT2D eigenvalue weighted by Gasteiger charge is -2.17. The molecule has 0 aliphatic rings. The first kappa shape index (κ1) is 15.2. The molecule has 0 radical (unpaired) electrons. The number of aliphatic hydroxyl groups is 1. The van der Waals surface area contributed by atoms with Gasteiger partial charge in [-0.3, -0.25) is 0 Å². The second kappa shape index (κ2) is 6.99. The van der Waals surface area contributed by atoms with Gasteiger partial charge in [0.15, 0.2) is 11.5 Å². The molecular formula is C17H20O4. The van der Waals surface area contributed by atoms with E-state index >= 15 is 0 Å². The van der Waals surface area contributed by atoms with Crippen LogP contribution in [0.15, 0.2) is 42.5 Å². The molecule has 2 aromatic rings. The minimum absolute atomic E-state index is 0.498. The van der Waals surface area contributed by atoms with Crippen molar-refractivity contribution in [2.24, 2.45) is 0 Å². The first-order valence-corrected chi connectivity index (χ1v) is 6.87. The van der Waals surface area contributed by atoms with E-state index in [1.807, 2.05) is 37.3 Å². The highest BCUT2D eigenvalue weighted by Crippen LogP contribution is 2.41. The Morgan fingerprint density at radius 3 is 2.05 bits per heavy atom. The Balaban J connectivity index is 2.43. The van der Waals surface area contributed by atoms with Crippen molar-refractivity contribution < 1.29 is 19.3 Å². The fourth-order valence-electron chi connectivity index (χ4n) is 2.10. The van der Waals surface area contributed by atoms with E-state index in [9.17, 15) is 5.11 Å². The summed E-state index contributed by atoms with van der Waals surface area (Å²) in [4.78, 5) is 0. The van der Waals surface area contributed by atoms with E-state index in [4.69, 9.17) is 14.2 Å².